The maximum absolute atomic E-state index is 6.02. The van der Waals surface area contributed by atoms with Gasteiger partial charge in [0.15, 0.2) is 5.82 Å². The maximum atomic E-state index is 6.02. The first-order valence-electron chi connectivity index (χ1n) is 6.50. The van der Waals surface area contributed by atoms with Crippen LogP contribution in [0.15, 0.2) is 40.9 Å². The van der Waals surface area contributed by atoms with Gasteiger partial charge in [0.05, 0.1) is 5.52 Å². The monoisotopic (exact) mass is 361 g/mol. The lowest BCUT2D eigenvalue weighted by Crippen LogP contribution is -1.99. The summed E-state index contributed by atoms with van der Waals surface area (Å²) in [6.07, 6.45) is 0. The Bertz CT molecular complexity index is 833. The van der Waals surface area contributed by atoms with Crippen LogP contribution in [0.3, 0.4) is 0 Å². The zero-order chi connectivity index (χ0) is 15.0. The Kier molecular flexibility index (Phi) is 3.83. The highest BCUT2D eigenvalue weighted by molar-refractivity contribution is 9.10. The van der Waals surface area contributed by atoms with Gasteiger partial charge < -0.3 is 5.32 Å². The minimum Gasteiger partial charge on any atom is -0.373 e. The highest BCUT2D eigenvalue weighted by atomic mass is 79.9. The molecule has 0 atom stereocenters. The van der Waals surface area contributed by atoms with E-state index in [1.54, 1.807) is 0 Å². The van der Waals surface area contributed by atoms with Crippen molar-refractivity contribution < 1.29 is 0 Å². The Morgan fingerprint density at radius 3 is 2.62 bits per heavy atom. The predicted molar refractivity (Wildman–Crippen MR) is 92.0 cm³/mol. The zero-order valence-electron chi connectivity index (χ0n) is 11.6. The van der Waals surface area contributed by atoms with Gasteiger partial charge in [0.1, 0.15) is 5.82 Å². The van der Waals surface area contributed by atoms with Gasteiger partial charge in [-0.3, -0.25) is 0 Å². The lowest BCUT2D eigenvalue weighted by Gasteiger charge is -2.10. The van der Waals surface area contributed by atoms with Crippen LogP contribution in [0.2, 0.25) is 5.02 Å². The van der Waals surface area contributed by atoms with Crippen molar-refractivity contribution in [3.05, 3.63) is 51.5 Å². The number of rotatable bonds is 2. The number of hydrogen-bond donors (Lipinski definition) is 1. The van der Waals surface area contributed by atoms with E-state index in [0.717, 1.165) is 37.3 Å². The minimum absolute atomic E-state index is 0.698. The van der Waals surface area contributed by atoms with Crippen LogP contribution in [0.25, 0.3) is 22.3 Å². The second-order valence-electron chi connectivity index (χ2n) is 4.77. The molecule has 2 aromatic carbocycles. The van der Waals surface area contributed by atoms with Gasteiger partial charge in [-0.1, -0.05) is 27.5 Å². The van der Waals surface area contributed by atoms with E-state index in [0.29, 0.717) is 5.82 Å². The second-order valence-corrected chi connectivity index (χ2v) is 6.12. The number of aromatic nitrogens is 2. The maximum Gasteiger partial charge on any atom is 0.162 e. The van der Waals surface area contributed by atoms with Crippen molar-refractivity contribution in [1.82, 2.24) is 9.97 Å². The molecular formula is C16H13BrClN3. The fourth-order valence-corrected chi connectivity index (χ4v) is 2.88. The first kappa shape index (κ1) is 14.3. The number of anilines is 1. The summed E-state index contributed by atoms with van der Waals surface area (Å²) in [5, 5.41) is 4.85. The standard InChI is InChI=1S/C16H13BrClN3/c1-9-7-11(18)4-5-12(9)16-20-14-6-3-10(17)8-13(14)15(19-2)21-16/h3-8H,1-2H3,(H,19,20,21). The van der Waals surface area contributed by atoms with E-state index in [9.17, 15) is 0 Å². The Morgan fingerprint density at radius 1 is 1.10 bits per heavy atom. The van der Waals surface area contributed by atoms with E-state index in [-0.39, 0.29) is 0 Å². The molecule has 1 heterocycles. The van der Waals surface area contributed by atoms with E-state index in [4.69, 9.17) is 11.6 Å². The Morgan fingerprint density at radius 2 is 1.90 bits per heavy atom. The summed E-state index contributed by atoms with van der Waals surface area (Å²) in [7, 11) is 1.86. The summed E-state index contributed by atoms with van der Waals surface area (Å²) >= 11 is 9.50. The first-order valence-corrected chi connectivity index (χ1v) is 7.67. The molecule has 106 valence electrons. The van der Waals surface area contributed by atoms with Gasteiger partial charge in [0, 0.05) is 27.5 Å². The van der Waals surface area contributed by atoms with Crippen molar-refractivity contribution in [2.24, 2.45) is 0 Å². The van der Waals surface area contributed by atoms with Gasteiger partial charge in [0.2, 0.25) is 0 Å². The van der Waals surface area contributed by atoms with Crippen LogP contribution in [0, 0.1) is 6.92 Å². The van der Waals surface area contributed by atoms with Crippen molar-refractivity contribution in [3.63, 3.8) is 0 Å². The largest absolute Gasteiger partial charge is 0.373 e. The molecule has 3 nitrogen and oxygen atoms in total. The van der Waals surface area contributed by atoms with Crippen LogP contribution >= 0.6 is 27.5 Å². The third-order valence-corrected chi connectivity index (χ3v) is 4.05. The van der Waals surface area contributed by atoms with E-state index in [2.05, 4.69) is 31.2 Å². The SMILES string of the molecule is CNc1nc(-c2ccc(Cl)cc2C)nc2ccc(Br)cc12. The zero-order valence-corrected chi connectivity index (χ0v) is 14.0. The number of benzene rings is 2. The number of aryl methyl sites for hydroxylation is 1. The molecule has 3 rings (SSSR count). The highest BCUT2D eigenvalue weighted by Gasteiger charge is 2.11. The fraction of sp³-hybridized carbons (Fsp3) is 0.125. The number of halogens is 2. The van der Waals surface area contributed by atoms with Crippen molar-refractivity contribution in [2.75, 3.05) is 12.4 Å². The van der Waals surface area contributed by atoms with Gasteiger partial charge in [0.25, 0.3) is 0 Å². The number of nitrogens with zero attached hydrogens (tertiary/aromatic N) is 2. The quantitative estimate of drug-likeness (QED) is 0.692. The Balaban J connectivity index is 2.26. The lowest BCUT2D eigenvalue weighted by molar-refractivity contribution is 1.20. The Hall–Kier alpha value is -1.65. The molecular weight excluding hydrogens is 350 g/mol. The summed E-state index contributed by atoms with van der Waals surface area (Å²) < 4.78 is 1.01. The van der Waals surface area contributed by atoms with Gasteiger partial charge in [-0.25, -0.2) is 9.97 Å². The van der Waals surface area contributed by atoms with Crippen molar-refractivity contribution in [1.29, 1.82) is 0 Å². The number of fused-ring (bicyclic) bond motifs is 1. The molecule has 1 aromatic heterocycles. The molecule has 0 saturated heterocycles. The summed E-state index contributed by atoms with van der Waals surface area (Å²) in [5.74, 6) is 1.51. The lowest BCUT2D eigenvalue weighted by atomic mass is 10.1. The average Bonchev–Trinajstić information content (AvgIpc) is 2.46. The topological polar surface area (TPSA) is 37.8 Å². The third kappa shape index (κ3) is 2.74. The Labute approximate surface area is 136 Å². The smallest absolute Gasteiger partial charge is 0.162 e. The van der Waals surface area contributed by atoms with Crippen LogP contribution in [0.1, 0.15) is 5.56 Å². The predicted octanol–water partition coefficient (Wildman–Crippen LogP) is 5.06. The van der Waals surface area contributed by atoms with Crippen LogP contribution in [-0.4, -0.2) is 17.0 Å². The molecule has 1 N–H and O–H groups in total. The van der Waals surface area contributed by atoms with Gasteiger partial charge in [-0.05, 0) is 48.9 Å². The first-order chi connectivity index (χ1) is 10.1. The summed E-state index contributed by atoms with van der Waals surface area (Å²) in [6, 6.07) is 11.7. The van der Waals surface area contributed by atoms with Crippen molar-refractivity contribution in [2.45, 2.75) is 6.92 Å². The number of nitrogens with one attached hydrogen (secondary N) is 1. The van der Waals surface area contributed by atoms with Crippen LogP contribution < -0.4 is 5.32 Å². The molecule has 0 fully saturated rings. The van der Waals surface area contributed by atoms with Crippen LogP contribution in [0.5, 0.6) is 0 Å². The van der Waals surface area contributed by atoms with E-state index in [1.807, 2.05) is 50.4 Å². The molecule has 0 spiro atoms. The molecule has 5 heteroatoms. The summed E-state index contributed by atoms with van der Waals surface area (Å²) in [6.45, 7) is 2.01. The van der Waals surface area contributed by atoms with Crippen LogP contribution in [-0.2, 0) is 0 Å². The summed E-state index contributed by atoms with van der Waals surface area (Å²) in [5.41, 5.74) is 2.95. The third-order valence-electron chi connectivity index (χ3n) is 3.32. The molecule has 21 heavy (non-hydrogen) atoms. The van der Waals surface area contributed by atoms with Gasteiger partial charge in [-0.2, -0.15) is 0 Å². The molecule has 0 bridgehead atoms. The van der Waals surface area contributed by atoms with Crippen molar-refractivity contribution >= 4 is 44.3 Å². The van der Waals surface area contributed by atoms with E-state index in [1.165, 1.54) is 0 Å². The normalized spacial score (nSPS) is 10.9. The van der Waals surface area contributed by atoms with Gasteiger partial charge >= 0.3 is 0 Å². The van der Waals surface area contributed by atoms with Gasteiger partial charge in [-0.15, -0.1) is 0 Å². The highest BCUT2D eigenvalue weighted by Crippen LogP contribution is 2.29. The molecule has 0 aliphatic rings. The fourth-order valence-electron chi connectivity index (χ4n) is 2.29. The second kappa shape index (κ2) is 5.62. The molecule has 0 radical (unpaired) electrons. The summed E-state index contributed by atoms with van der Waals surface area (Å²) in [4.78, 5) is 9.31. The molecule has 0 unspecified atom stereocenters. The number of hydrogen-bond acceptors (Lipinski definition) is 3. The van der Waals surface area contributed by atoms with Crippen LogP contribution in [0.4, 0.5) is 5.82 Å². The average molecular weight is 363 g/mol. The molecule has 0 aliphatic carbocycles. The van der Waals surface area contributed by atoms with E-state index >= 15 is 0 Å². The van der Waals surface area contributed by atoms with E-state index < -0.39 is 0 Å². The molecule has 0 saturated carbocycles. The molecule has 0 amide bonds. The minimum atomic E-state index is 0.698. The van der Waals surface area contributed by atoms with Crippen molar-refractivity contribution in [3.8, 4) is 11.4 Å². The molecule has 0 aliphatic heterocycles. The molecule has 3 aromatic rings.